The van der Waals surface area contributed by atoms with Gasteiger partial charge in [0.25, 0.3) is 0 Å². The van der Waals surface area contributed by atoms with Crippen LogP contribution in [0.2, 0.25) is 0 Å². The molecular formula is C5H6NO2. The average Bonchev–Trinajstić information content (AvgIpc) is 1.66. The molecule has 0 saturated heterocycles. The number of hydrogen-bond donors (Lipinski definition) is 0. The summed E-state index contributed by atoms with van der Waals surface area (Å²) in [6.45, 7) is 3.19. The molecule has 3 nitrogen and oxygen atoms in total. The van der Waals surface area contributed by atoms with Crippen LogP contribution in [-0.4, -0.2) is 6.54 Å². The van der Waals surface area contributed by atoms with Gasteiger partial charge in [0, 0.05) is 0 Å². The topological polar surface area (TPSA) is 53.9 Å². The van der Waals surface area contributed by atoms with Gasteiger partial charge in [0.2, 0.25) is 0 Å². The van der Waals surface area contributed by atoms with Gasteiger partial charge in [0.1, 0.15) is 0 Å². The predicted octanol–water partition coefficient (Wildman–Crippen LogP) is 1.04. The molecule has 0 fully saturated rings. The Bertz CT molecular complexity index is 114. The minimum absolute atomic E-state index is 0.182. The third-order valence-corrected chi connectivity index (χ3v) is 0.502. The van der Waals surface area contributed by atoms with Crippen molar-refractivity contribution in [1.29, 1.82) is 0 Å². The number of nitrogens with zero attached hydrogens (tertiary/aromatic N) is 1. The first-order valence-electron chi connectivity index (χ1n) is 2.16. The molecule has 0 aromatic carbocycles. The van der Waals surface area contributed by atoms with Crippen LogP contribution in [0.15, 0.2) is 12.5 Å². The number of rotatable bonds is 3. The van der Waals surface area contributed by atoms with E-state index in [-0.39, 0.29) is 13.0 Å². The van der Waals surface area contributed by atoms with Crippen LogP contribution in [0.4, 0.5) is 0 Å². The SMILES string of the molecule is C=C([O])[N-]CCC#[O+]. The van der Waals surface area contributed by atoms with Crippen LogP contribution in [0, 0.1) is 6.15 Å². The summed E-state index contributed by atoms with van der Waals surface area (Å²) in [6, 6.07) is 0. The molecule has 3 heteroatoms. The first kappa shape index (κ1) is 7.08. The van der Waals surface area contributed by atoms with Gasteiger partial charge in [-0.15, -0.1) is 0 Å². The summed E-state index contributed by atoms with van der Waals surface area (Å²) in [5.74, 6) is -0.486. The van der Waals surface area contributed by atoms with Crippen LogP contribution in [0.5, 0.6) is 0 Å². The van der Waals surface area contributed by atoms with Gasteiger partial charge in [-0.3, -0.25) is 0 Å². The summed E-state index contributed by atoms with van der Waals surface area (Å²) >= 11 is 0. The predicted molar refractivity (Wildman–Crippen MR) is 27.2 cm³/mol. The molecule has 0 aromatic heterocycles. The summed E-state index contributed by atoms with van der Waals surface area (Å²) in [5.41, 5.74) is 0. The minimum atomic E-state index is -0.486. The molecule has 0 bridgehead atoms. The van der Waals surface area contributed by atoms with E-state index >= 15 is 0 Å². The average molecular weight is 112 g/mol. The second kappa shape index (κ2) is 4.24. The maximum atomic E-state index is 9.91. The Balaban J connectivity index is 2.97. The molecule has 0 unspecified atom stereocenters. The molecule has 0 aliphatic heterocycles. The van der Waals surface area contributed by atoms with Crippen LogP contribution in [0.25, 0.3) is 5.32 Å². The molecule has 0 saturated carbocycles. The second-order valence-electron chi connectivity index (χ2n) is 1.17. The molecule has 0 spiro atoms. The zero-order valence-electron chi connectivity index (χ0n) is 4.39. The van der Waals surface area contributed by atoms with E-state index in [1.807, 2.05) is 0 Å². The molecular weight excluding hydrogens is 106 g/mol. The Morgan fingerprint density at radius 2 is 2.50 bits per heavy atom. The summed E-state index contributed by atoms with van der Waals surface area (Å²) in [6.07, 6.45) is 1.78. The molecule has 0 aliphatic carbocycles. The molecule has 0 aliphatic rings. The van der Waals surface area contributed by atoms with E-state index in [1.165, 1.54) is 0 Å². The van der Waals surface area contributed by atoms with Crippen molar-refractivity contribution in [3.63, 3.8) is 0 Å². The van der Waals surface area contributed by atoms with E-state index in [0.29, 0.717) is 0 Å². The van der Waals surface area contributed by atoms with E-state index in [1.54, 1.807) is 6.15 Å². The van der Waals surface area contributed by atoms with Crippen molar-refractivity contribution in [2.75, 3.05) is 6.54 Å². The van der Waals surface area contributed by atoms with Crippen LogP contribution < -0.4 is 0 Å². The van der Waals surface area contributed by atoms with Crippen molar-refractivity contribution in [3.05, 3.63) is 17.8 Å². The van der Waals surface area contributed by atoms with Gasteiger partial charge >= 0.3 is 46.7 Å². The quantitative estimate of drug-likeness (QED) is 0.297. The van der Waals surface area contributed by atoms with Gasteiger partial charge in [0.05, 0.1) is 0 Å². The summed E-state index contributed by atoms with van der Waals surface area (Å²) in [7, 11) is 0. The molecule has 0 heterocycles. The second-order valence-corrected chi connectivity index (χ2v) is 1.17. The summed E-state index contributed by atoms with van der Waals surface area (Å²) in [5, 5.41) is 13.2. The number of hydrogen-bond acceptors (Lipinski definition) is 0. The van der Waals surface area contributed by atoms with E-state index in [2.05, 4.69) is 11.9 Å². The fourth-order valence-corrected chi connectivity index (χ4v) is 0.226. The van der Waals surface area contributed by atoms with Crippen LogP contribution >= 0.6 is 0 Å². The maximum absolute atomic E-state index is 9.91. The molecule has 0 amide bonds. The van der Waals surface area contributed by atoms with Gasteiger partial charge < -0.3 is 0 Å². The van der Waals surface area contributed by atoms with Crippen molar-refractivity contribution in [1.82, 2.24) is 0 Å². The van der Waals surface area contributed by atoms with Gasteiger partial charge in [-0.05, 0) is 0 Å². The fourth-order valence-electron chi connectivity index (χ4n) is 0.226. The molecule has 0 atom stereocenters. The third-order valence-electron chi connectivity index (χ3n) is 0.502. The Labute approximate surface area is 47.7 Å². The Kier molecular flexibility index (Phi) is 3.76. The van der Waals surface area contributed by atoms with E-state index in [4.69, 9.17) is 0 Å². The van der Waals surface area contributed by atoms with Crippen LogP contribution in [0.1, 0.15) is 6.42 Å². The molecule has 0 N–H and O–H groups in total. The summed E-state index contributed by atoms with van der Waals surface area (Å²) < 4.78 is 9.47. The van der Waals surface area contributed by atoms with Crippen molar-refractivity contribution in [3.8, 4) is 6.15 Å². The first-order chi connectivity index (χ1) is 3.77. The van der Waals surface area contributed by atoms with Gasteiger partial charge in [0.15, 0.2) is 0 Å². The van der Waals surface area contributed by atoms with Crippen molar-refractivity contribution in [2.24, 2.45) is 0 Å². The van der Waals surface area contributed by atoms with Crippen LogP contribution in [0.3, 0.4) is 0 Å². The molecule has 0 rings (SSSR count). The van der Waals surface area contributed by atoms with Gasteiger partial charge in [-0.2, -0.15) is 0 Å². The Morgan fingerprint density at radius 3 is 2.88 bits per heavy atom. The zero-order valence-corrected chi connectivity index (χ0v) is 4.39. The van der Waals surface area contributed by atoms with E-state index in [9.17, 15) is 9.76 Å². The van der Waals surface area contributed by atoms with Gasteiger partial charge in [-0.25, -0.2) is 0 Å². The standard InChI is InChI=1S/C5H6NO2/c1-5(8)6-3-2-4-7/h1-3H2. The van der Waals surface area contributed by atoms with E-state index < -0.39 is 5.88 Å². The molecule has 1 radical (unpaired) electrons. The molecule has 43 valence electrons. The van der Waals surface area contributed by atoms with E-state index in [0.717, 1.165) is 0 Å². The fraction of sp³-hybridized carbons (Fsp3) is 0.400. The van der Waals surface area contributed by atoms with Crippen LogP contribution in [-0.2, 0) is 9.76 Å². The molecule has 8 heavy (non-hydrogen) atoms. The Hall–Kier alpha value is -0.920. The monoisotopic (exact) mass is 112 g/mol. The molecule has 0 aromatic rings. The normalized spacial score (nSPS) is 7.38. The first-order valence-corrected chi connectivity index (χ1v) is 2.16. The van der Waals surface area contributed by atoms with Crippen molar-refractivity contribution in [2.45, 2.75) is 6.42 Å². The Morgan fingerprint density at radius 1 is 1.88 bits per heavy atom. The van der Waals surface area contributed by atoms with Crippen molar-refractivity contribution >= 4 is 0 Å². The zero-order chi connectivity index (χ0) is 6.41. The third kappa shape index (κ3) is 5.08. The van der Waals surface area contributed by atoms with Crippen molar-refractivity contribution < 1.29 is 9.76 Å². The van der Waals surface area contributed by atoms with Gasteiger partial charge in [-0.1, -0.05) is 0 Å². The summed E-state index contributed by atoms with van der Waals surface area (Å²) in [4.78, 5) is 0.